The summed E-state index contributed by atoms with van der Waals surface area (Å²) in [6.45, 7) is 4.21. The molecule has 23 heavy (non-hydrogen) atoms. The van der Waals surface area contributed by atoms with Gasteiger partial charge in [-0.3, -0.25) is 14.5 Å². The summed E-state index contributed by atoms with van der Waals surface area (Å²) in [7, 11) is 0. The molecule has 0 aromatic carbocycles. The summed E-state index contributed by atoms with van der Waals surface area (Å²) in [6.07, 6.45) is 6.56. The standard InChI is InChI=1S/C17H27N3O3/c1-11-6-5-7-13(12(11)2)18-14(21)10-20-15(22)17(19-16(20)23)8-3-4-9-17/h11-13H,3-10H2,1-2H3,(H,18,21)(H,19,23). The van der Waals surface area contributed by atoms with Crippen LogP contribution in [0.4, 0.5) is 4.79 Å². The van der Waals surface area contributed by atoms with Crippen LogP contribution in [0.15, 0.2) is 0 Å². The van der Waals surface area contributed by atoms with E-state index in [2.05, 4.69) is 24.5 Å². The molecule has 128 valence electrons. The largest absolute Gasteiger partial charge is 0.352 e. The van der Waals surface area contributed by atoms with E-state index in [0.717, 1.165) is 30.6 Å². The highest BCUT2D eigenvalue weighted by atomic mass is 16.2. The summed E-state index contributed by atoms with van der Waals surface area (Å²) in [5.41, 5.74) is -0.732. The Morgan fingerprint density at radius 2 is 1.91 bits per heavy atom. The third-order valence-electron chi connectivity index (χ3n) is 6.06. The van der Waals surface area contributed by atoms with Gasteiger partial charge in [0.1, 0.15) is 12.1 Å². The predicted octanol–water partition coefficient (Wildman–Crippen LogP) is 1.79. The first kappa shape index (κ1) is 16.3. The second-order valence-corrected chi connectivity index (χ2v) is 7.55. The van der Waals surface area contributed by atoms with Crippen molar-refractivity contribution in [3.63, 3.8) is 0 Å². The van der Waals surface area contributed by atoms with Crippen molar-refractivity contribution in [3.05, 3.63) is 0 Å². The summed E-state index contributed by atoms with van der Waals surface area (Å²) in [6, 6.07) is -0.274. The first-order valence-corrected chi connectivity index (χ1v) is 8.86. The molecule has 3 atom stereocenters. The average molecular weight is 321 g/mol. The van der Waals surface area contributed by atoms with Gasteiger partial charge in [0.05, 0.1) is 0 Å². The number of nitrogens with zero attached hydrogens (tertiary/aromatic N) is 1. The van der Waals surface area contributed by atoms with Gasteiger partial charge in [0.2, 0.25) is 5.91 Å². The van der Waals surface area contributed by atoms with Gasteiger partial charge < -0.3 is 10.6 Å². The van der Waals surface area contributed by atoms with Crippen LogP contribution < -0.4 is 10.6 Å². The molecule has 0 aromatic rings. The number of hydrogen-bond acceptors (Lipinski definition) is 3. The molecule has 3 unspecified atom stereocenters. The molecule has 1 saturated heterocycles. The maximum absolute atomic E-state index is 12.5. The summed E-state index contributed by atoms with van der Waals surface area (Å²) in [5, 5.41) is 5.84. The van der Waals surface area contributed by atoms with Gasteiger partial charge >= 0.3 is 6.03 Å². The molecule has 1 spiro atoms. The van der Waals surface area contributed by atoms with Gasteiger partial charge in [-0.2, -0.15) is 0 Å². The summed E-state index contributed by atoms with van der Waals surface area (Å²) >= 11 is 0. The Bertz CT molecular complexity index is 513. The minimum absolute atomic E-state index is 0.146. The second-order valence-electron chi connectivity index (χ2n) is 7.55. The molecule has 0 radical (unpaired) electrons. The maximum Gasteiger partial charge on any atom is 0.325 e. The van der Waals surface area contributed by atoms with Gasteiger partial charge in [-0.1, -0.05) is 39.5 Å². The van der Waals surface area contributed by atoms with E-state index in [9.17, 15) is 14.4 Å². The van der Waals surface area contributed by atoms with Gasteiger partial charge in [0.25, 0.3) is 5.91 Å². The van der Waals surface area contributed by atoms with Crippen LogP contribution in [0, 0.1) is 11.8 Å². The van der Waals surface area contributed by atoms with Gasteiger partial charge in [0.15, 0.2) is 0 Å². The Balaban J connectivity index is 1.59. The minimum Gasteiger partial charge on any atom is -0.352 e. The number of carbonyl (C=O) groups is 3. The average Bonchev–Trinajstić information content (AvgIpc) is 3.06. The van der Waals surface area contributed by atoms with Crippen molar-refractivity contribution in [1.82, 2.24) is 15.5 Å². The Morgan fingerprint density at radius 1 is 1.22 bits per heavy atom. The van der Waals surface area contributed by atoms with Crippen molar-refractivity contribution < 1.29 is 14.4 Å². The van der Waals surface area contributed by atoms with Crippen LogP contribution in [0.5, 0.6) is 0 Å². The molecule has 3 fully saturated rings. The Kier molecular flexibility index (Phi) is 4.34. The molecular weight excluding hydrogens is 294 g/mol. The number of urea groups is 1. The highest BCUT2D eigenvalue weighted by Crippen LogP contribution is 2.35. The Hall–Kier alpha value is -1.59. The monoisotopic (exact) mass is 321 g/mol. The number of nitrogens with one attached hydrogen (secondary N) is 2. The van der Waals surface area contributed by atoms with E-state index in [1.165, 1.54) is 6.42 Å². The van der Waals surface area contributed by atoms with Crippen LogP contribution in [0.2, 0.25) is 0 Å². The fourth-order valence-electron chi connectivity index (χ4n) is 4.32. The number of imide groups is 1. The molecule has 6 nitrogen and oxygen atoms in total. The first-order chi connectivity index (χ1) is 10.9. The van der Waals surface area contributed by atoms with Crippen molar-refractivity contribution in [2.75, 3.05) is 6.54 Å². The second kappa shape index (κ2) is 6.13. The fourth-order valence-corrected chi connectivity index (χ4v) is 4.32. The van der Waals surface area contributed by atoms with Crippen molar-refractivity contribution in [2.24, 2.45) is 11.8 Å². The van der Waals surface area contributed by atoms with Crippen molar-refractivity contribution in [1.29, 1.82) is 0 Å². The third kappa shape index (κ3) is 2.95. The lowest BCUT2D eigenvalue weighted by atomic mass is 9.78. The summed E-state index contributed by atoms with van der Waals surface area (Å²) in [5.74, 6) is 0.569. The Morgan fingerprint density at radius 3 is 2.61 bits per heavy atom. The van der Waals surface area contributed by atoms with Crippen molar-refractivity contribution in [2.45, 2.75) is 70.4 Å². The molecule has 0 aromatic heterocycles. The van der Waals surface area contributed by atoms with Crippen LogP contribution in [-0.4, -0.2) is 40.9 Å². The smallest absolute Gasteiger partial charge is 0.325 e. The van der Waals surface area contributed by atoms with Crippen LogP contribution in [0.25, 0.3) is 0 Å². The maximum atomic E-state index is 12.5. The minimum atomic E-state index is -0.732. The summed E-state index contributed by atoms with van der Waals surface area (Å²) < 4.78 is 0. The number of hydrogen-bond donors (Lipinski definition) is 2. The Labute approximate surface area is 137 Å². The fraction of sp³-hybridized carbons (Fsp3) is 0.824. The lowest BCUT2D eigenvalue weighted by Gasteiger charge is -2.34. The zero-order valence-electron chi connectivity index (χ0n) is 14.1. The normalized spacial score (nSPS) is 33.1. The zero-order chi connectivity index (χ0) is 16.6. The van der Waals surface area contributed by atoms with Gasteiger partial charge in [-0.15, -0.1) is 0 Å². The van der Waals surface area contributed by atoms with E-state index in [1.807, 2.05) is 0 Å². The van der Waals surface area contributed by atoms with E-state index in [0.29, 0.717) is 24.7 Å². The van der Waals surface area contributed by atoms with Gasteiger partial charge in [-0.05, 0) is 31.1 Å². The van der Waals surface area contributed by atoms with E-state index < -0.39 is 11.6 Å². The molecule has 2 aliphatic carbocycles. The van der Waals surface area contributed by atoms with Crippen LogP contribution >= 0.6 is 0 Å². The summed E-state index contributed by atoms with van der Waals surface area (Å²) in [4.78, 5) is 38.1. The van der Waals surface area contributed by atoms with E-state index in [-0.39, 0.29) is 24.4 Å². The van der Waals surface area contributed by atoms with Crippen molar-refractivity contribution in [3.8, 4) is 0 Å². The third-order valence-corrected chi connectivity index (χ3v) is 6.06. The van der Waals surface area contributed by atoms with Crippen LogP contribution in [0.1, 0.15) is 58.8 Å². The quantitative estimate of drug-likeness (QED) is 0.778. The highest BCUT2D eigenvalue weighted by molar-refractivity contribution is 6.09. The molecule has 4 amide bonds. The lowest BCUT2D eigenvalue weighted by molar-refractivity contribution is -0.135. The van der Waals surface area contributed by atoms with E-state index in [1.54, 1.807) is 0 Å². The topological polar surface area (TPSA) is 78.5 Å². The SMILES string of the molecule is CC1CCCC(NC(=O)CN2C(=O)NC3(CCCC3)C2=O)C1C. The van der Waals surface area contributed by atoms with E-state index >= 15 is 0 Å². The molecular formula is C17H27N3O3. The van der Waals surface area contributed by atoms with Gasteiger partial charge in [-0.25, -0.2) is 4.79 Å². The molecule has 2 saturated carbocycles. The molecule has 1 aliphatic heterocycles. The highest BCUT2D eigenvalue weighted by Gasteiger charge is 2.52. The lowest BCUT2D eigenvalue weighted by Crippen LogP contribution is -2.49. The van der Waals surface area contributed by atoms with E-state index in [4.69, 9.17) is 0 Å². The van der Waals surface area contributed by atoms with Gasteiger partial charge in [0, 0.05) is 6.04 Å². The van der Waals surface area contributed by atoms with Crippen LogP contribution in [-0.2, 0) is 9.59 Å². The number of carbonyl (C=O) groups excluding carboxylic acids is 3. The molecule has 0 bridgehead atoms. The first-order valence-electron chi connectivity index (χ1n) is 8.86. The molecule has 2 N–H and O–H groups in total. The zero-order valence-corrected chi connectivity index (χ0v) is 14.1. The molecule has 1 heterocycles. The molecule has 6 heteroatoms. The number of amides is 4. The van der Waals surface area contributed by atoms with Crippen LogP contribution in [0.3, 0.4) is 0 Å². The number of rotatable bonds is 3. The molecule has 3 aliphatic rings. The molecule has 3 rings (SSSR count). The van der Waals surface area contributed by atoms with Crippen molar-refractivity contribution >= 4 is 17.8 Å². The predicted molar refractivity (Wildman–Crippen MR) is 85.6 cm³/mol.